The van der Waals surface area contributed by atoms with Crippen LogP contribution < -0.4 is 16.2 Å². The highest BCUT2D eigenvalue weighted by Gasteiger charge is 2.46. The van der Waals surface area contributed by atoms with Gasteiger partial charge in [0.2, 0.25) is 5.75 Å². The number of rotatable bonds is 4. The number of nitrogens with one attached hydrogen (secondary N) is 2. The number of nitrogens with zero attached hydrogens (tertiary/aromatic N) is 3. The maximum atomic E-state index is 13.0. The molecule has 11 nitrogen and oxygen atoms in total. The number of hydrogen-bond acceptors (Lipinski definition) is 7. The molecule has 11 heteroatoms. The summed E-state index contributed by atoms with van der Waals surface area (Å²) in [5.74, 6) is -2.51. The third kappa shape index (κ3) is 3.96. The second-order valence-corrected chi connectivity index (χ2v) is 9.07. The van der Waals surface area contributed by atoms with Crippen LogP contribution in [-0.4, -0.2) is 70.6 Å². The van der Waals surface area contributed by atoms with Gasteiger partial charge in [-0.2, -0.15) is 0 Å². The number of aromatic nitrogens is 2. The van der Waals surface area contributed by atoms with Crippen molar-refractivity contribution in [3.8, 4) is 5.75 Å². The monoisotopic (exact) mass is 447 g/mol. The van der Waals surface area contributed by atoms with E-state index in [2.05, 4.69) is 15.6 Å². The van der Waals surface area contributed by atoms with E-state index >= 15 is 0 Å². The van der Waals surface area contributed by atoms with Gasteiger partial charge in [-0.3, -0.25) is 23.7 Å². The third-order valence-electron chi connectivity index (χ3n) is 6.66. The van der Waals surface area contributed by atoms with Crippen molar-refractivity contribution >= 4 is 17.7 Å². The van der Waals surface area contributed by atoms with Crippen molar-refractivity contribution in [1.29, 1.82) is 0 Å². The predicted molar refractivity (Wildman–Crippen MR) is 112 cm³/mol. The van der Waals surface area contributed by atoms with Crippen LogP contribution in [0.2, 0.25) is 0 Å². The van der Waals surface area contributed by atoms with Crippen LogP contribution in [0.25, 0.3) is 0 Å². The van der Waals surface area contributed by atoms with E-state index in [-0.39, 0.29) is 30.1 Å². The van der Waals surface area contributed by atoms with Crippen molar-refractivity contribution in [3.63, 3.8) is 0 Å². The number of carbonyl (C=O) groups excluding carboxylic acids is 3. The molecular weight excluding hydrogens is 418 g/mol. The second kappa shape index (κ2) is 8.53. The van der Waals surface area contributed by atoms with Crippen LogP contribution in [0.1, 0.15) is 54.8 Å². The highest BCUT2D eigenvalue weighted by Crippen LogP contribution is 2.42. The lowest BCUT2D eigenvalue weighted by atomic mass is 9.77. The molecule has 1 aromatic rings. The average molecular weight is 447 g/mol. The summed E-state index contributed by atoms with van der Waals surface area (Å²) >= 11 is 0. The smallest absolute Gasteiger partial charge is 0.311 e. The third-order valence-corrected chi connectivity index (χ3v) is 6.66. The Hall–Kier alpha value is -2.95. The average Bonchev–Trinajstić information content (AvgIpc) is 3.19. The fourth-order valence-corrected chi connectivity index (χ4v) is 4.82. The van der Waals surface area contributed by atoms with Gasteiger partial charge >= 0.3 is 11.8 Å². The molecule has 0 aromatic carbocycles. The molecule has 0 radical (unpaired) electrons. The molecule has 1 aromatic heterocycles. The molecule has 1 unspecified atom stereocenters. The summed E-state index contributed by atoms with van der Waals surface area (Å²) in [5.41, 5.74) is -2.16. The van der Waals surface area contributed by atoms with Gasteiger partial charge in [0.05, 0.1) is 11.6 Å². The van der Waals surface area contributed by atoms with E-state index in [0.717, 1.165) is 25.7 Å². The summed E-state index contributed by atoms with van der Waals surface area (Å²) in [5, 5.41) is 16.0. The molecule has 3 N–H and O–H groups in total. The summed E-state index contributed by atoms with van der Waals surface area (Å²) in [6.07, 6.45) is 4.04. The van der Waals surface area contributed by atoms with Gasteiger partial charge < -0.3 is 25.4 Å². The number of aromatic hydroxyl groups is 1. The highest BCUT2D eigenvalue weighted by molar-refractivity contribution is 6.35. The lowest BCUT2D eigenvalue weighted by molar-refractivity contribution is -0.145. The van der Waals surface area contributed by atoms with Crippen molar-refractivity contribution < 1.29 is 24.2 Å². The Morgan fingerprint density at radius 1 is 1.25 bits per heavy atom. The van der Waals surface area contributed by atoms with Crippen LogP contribution in [0.5, 0.6) is 5.75 Å². The van der Waals surface area contributed by atoms with Crippen molar-refractivity contribution in [2.75, 3.05) is 27.2 Å². The zero-order chi connectivity index (χ0) is 23.0. The van der Waals surface area contributed by atoms with Crippen LogP contribution in [0.15, 0.2) is 4.79 Å². The quantitative estimate of drug-likeness (QED) is 0.526. The van der Waals surface area contributed by atoms with Gasteiger partial charge in [-0.05, 0) is 44.4 Å². The fourth-order valence-electron chi connectivity index (χ4n) is 4.82. The van der Waals surface area contributed by atoms with Crippen LogP contribution in [-0.2, 0) is 26.4 Å². The van der Waals surface area contributed by atoms with E-state index in [1.54, 1.807) is 0 Å². The number of ether oxygens (including phenoxy) is 1. The maximum Gasteiger partial charge on any atom is 0.311 e. The maximum absolute atomic E-state index is 13.0. The molecule has 4 aliphatic rings. The first-order valence-electron chi connectivity index (χ1n) is 11.0. The van der Waals surface area contributed by atoms with Gasteiger partial charge in [-0.25, -0.2) is 4.98 Å². The molecule has 1 saturated carbocycles. The summed E-state index contributed by atoms with van der Waals surface area (Å²) in [6, 6.07) is 0. The lowest BCUT2D eigenvalue weighted by Gasteiger charge is -2.37. The van der Waals surface area contributed by atoms with Crippen molar-refractivity contribution in [3.05, 3.63) is 21.9 Å². The summed E-state index contributed by atoms with van der Waals surface area (Å²) in [4.78, 5) is 56.2. The van der Waals surface area contributed by atoms with E-state index in [1.165, 1.54) is 23.6 Å². The Balaban J connectivity index is 1.70. The Labute approximate surface area is 185 Å². The molecule has 0 spiro atoms. The molecule has 3 amide bonds. The topological polar surface area (TPSA) is 143 Å². The first kappa shape index (κ1) is 22.3. The van der Waals surface area contributed by atoms with Gasteiger partial charge in [0, 0.05) is 33.8 Å². The molecule has 1 atom stereocenters. The Bertz CT molecular complexity index is 989. The number of hydrogen-bond donors (Lipinski definition) is 3. The van der Waals surface area contributed by atoms with Gasteiger partial charge in [-0.1, -0.05) is 0 Å². The standard InChI is InChI=1S/C21H29N5O6/c1-25(2)19(31)17(29)24-21-7-5-12(6-8-21)11-26-18(30)15(27)14(23-20(21)26)16(28)22-10-13-4-3-9-32-13/h12-13,27H,3-11H2,1-2H3,(H,22,28)(H,24,29). The fraction of sp³-hybridized carbons (Fsp3) is 0.667. The van der Waals surface area contributed by atoms with Gasteiger partial charge in [0.25, 0.3) is 11.5 Å². The number of amides is 3. The predicted octanol–water partition coefficient (Wildman–Crippen LogP) is -0.539. The number of fused-ring (bicyclic) bond motifs is 2. The first-order valence-corrected chi connectivity index (χ1v) is 11.0. The minimum atomic E-state index is -1.06. The molecule has 32 heavy (non-hydrogen) atoms. The van der Waals surface area contributed by atoms with Gasteiger partial charge in [0.1, 0.15) is 5.82 Å². The largest absolute Gasteiger partial charge is 0.501 e. The molecule has 2 bridgehead atoms. The van der Waals surface area contributed by atoms with Crippen LogP contribution in [0.3, 0.4) is 0 Å². The van der Waals surface area contributed by atoms with E-state index in [1.807, 2.05) is 0 Å². The van der Waals surface area contributed by atoms with E-state index in [9.17, 15) is 24.3 Å². The van der Waals surface area contributed by atoms with E-state index in [0.29, 0.717) is 26.0 Å². The van der Waals surface area contributed by atoms with Crippen molar-refractivity contribution in [2.45, 2.75) is 56.7 Å². The Kier molecular flexibility index (Phi) is 5.93. The number of carbonyl (C=O) groups is 3. The first-order chi connectivity index (χ1) is 15.2. The molecule has 5 rings (SSSR count). The summed E-state index contributed by atoms with van der Waals surface area (Å²) in [7, 11) is 2.96. The minimum absolute atomic E-state index is 0.110. The highest BCUT2D eigenvalue weighted by atomic mass is 16.5. The zero-order valence-corrected chi connectivity index (χ0v) is 18.3. The zero-order valence-electron chi connectivity index (χ0n) is 18.3. The van der Waals surface area contributed by atoms with E-state index < -0.39 is 34.6 Å². The van der Waals surface area contributed by atoms with Crippen molar-refractivity contribution in [1.82, 2.24) is 25.1 Å². The van der Waals surface area contributed by atoms with Crippen LogP contribution >= 0.6 is 0 Å². The molecule has 2 fully saturated rings. The van der Waals surface area contributed by atoms with Crippen LogP contribution in [0, 0.1) is 5.92 Å². The van der Waals surface area contributed by atoms with Gasteiger partial charge in [0.15, 0.2) is 5.69 Å². The second-order valence-electron chi connectivity index (χ2n) is 9.07. The summed E-state index contributed by atoms with van der Waals surface area (Å²) in [6.45, 7) is 1.23. The van der Waals surface area contributed by atoms with Crippen LogP contribution in [0.4, 0.5) is 0 Å². The molecule has 1 saturated heterocycles. The lowest BCUT2D eigenvalue weighted by Crippen LogP contribution is -2.53. The normalized spacial score (nSPS) is 26.2. The molecule has 3 aliphatic heterocycles. The Morgan fingerprint density at radius 2 is 1.97 bits per heavy atom. The van der Waals surface area contributed by atoms with E-state index in [4.69, 9.17) is 4.74 Å². The molecule has 4 heterocycles. The van der Waals surface area contributed by atoms with Gasteiger partial charge in [-0.15, -0.1) is 0 Å². The van der Waals surface area contributed by atoms with Crippen molar-refractivity contribution in [2.24, 2.45) is 5.92 Å². The Morgan fingerprint density at radius 3 is 2.59 bits per heavy atom. The number of likely N-dealkylation sites (N-methyl/N-ethyl adjacent to an activating group) is 1. The molecule has 174 valence electrons. The summed E-state index contributed by atoms with van der Waals surface area (Å²) < 4.78 is 6.84. The molecular formula is C21H29N5O6. The SMILES string of the molecule is CN(C)C(=O)C(=O)NC12CCC(CC1)Cn1c2nc(C(=O)NCC2CCCO2)c(O)c1=O. The molecule has 1 aliphatic carbocycles. The minimum Gasteiger partial charge on any atom is -0.501 e.